The van der Waals surface area contributed by atoms with Gasteiger partial charge in [-0.25, -0.2) is 0 Å². The van der Waals surface area contributed by atoms with Gasteiger partial charge in [0.1, 0.15) is 16.1 Å². The molecule has 1 aromatic carbocycles. The minimum absolute atomic E-state index is 0. The molecule has 0 saturated heterocycles. The Labute approximate surface area is 133 Å². The van der Waals surface area contributed by atoms with Gasteiger partial charge in [0.05, 0.1) is 13.2 Å². The van der Waals surface area contributed by atoms with E-state index in [0.29, 0.717) is 6.54 Å². The lowest BCUT2D eigenvalue weighted by Gasteiger charge is -2.09. The van der Waals surface area contributed by atoms with E-state index in [1.165, 1.54) is 18.4 Å². The molecule has 2 rings (SSSR count). The van der Waals surface area contributed by atoms with E-state index in [0.717, 1.165) is 15.6 Å². The number of ether oxygens (including phenoxy) is 1. The van der Waals surface area contributed by atoms with Crippen LogP contribution in [0.5, 0.6) is 0 Å². The number of methoxy groups -OCH3 is 1. The molecule has 8 heteroatoms. The number of rotatable bonds is 6. The first kappa shape index (κ1) is 17.5. The molecule has 1 unspecified atom stereocenters. The summed E-state index contributed by atoms with van der Waals surface area (Å²) in [5.41, 5.74) is 6.63. The second-order valence-electron chi connectivity index (χ2n) is 4.15. The highest BCUT2D eigenvalue weighted by Gasteiger charge is 2.13. The van der Waals surface area contributed by atoms with Crippen molar-refractivity contribution in [3.63, 3.8) is 0 Å². The fourth-order valence-electron chi connectivity index (χ4n) is 1.57. The Morgan fingerprint density at radius 2 is 2.10 bits per heavy atom. The summed E-state index contributed by atoms with van der Waals surface area (Å²) in [7, 11) is 1.50. The highest BCUT2D eigenvalue weighted by molar-refractivity contribution is 7.14. The number of hydrogen-bond donors (Lipinski definition) is 2. The number of benzene rings is 1. The Hall–Kier alpha value is -1.54. The summed E-state index contributed by atoms with van der Waals surface area (Å²) in [5, 5.41) is 12.4. The lowest BCUT2D eigenvalue weighted by molar-refractivity contribution is -0.123. The maximum absolute atomic E-state index is 11.6. The van der Waals surface area contributed by atoms with Crippen LogP contribution < -0.4 is 11.1 Å². The average molecular weight is 329 g/mol. The molecule has 1 atom stereocenters. The Morgan fingerprint density at radius 1 is 1.38 bits per heavy atom. The highest BCUT2D eigenvalue weighted by Crippen LogP contribution is 2.22. The second kappa shape index (κ2) is 8.68. The van der Waals surface area contributed by atoms with Crippen LogP contribution in [0.1, 0.15) is 5.01 Å². The van der Waals surface area contributed by atoms with Crippen LogP contribution in [0.2, 0.25) is 0 Å². The monoisotopic (exact) mass is 328 g/mol. The van der Waals surface area contributed by atoms with E-state index in [4.69, 9.17) is 10.5 Å². The van der Waals surface area contributed by atoms with Gasteiger partial charge in [-0.3, -0.25) is 4.79 Å². The van der Waals surface area contributed by atoms with Crippen LogP contribution in [0.3, 0.4) is 0 Å². The van der Waals surface area contributed by atoms with Gasteiger partial charge < -0.3 is 15.8 Å². The molecule has 0 aliphatic heterocycles. The average Bonchev–Trinajstić information content (AvgIpc) is 2.95. The van der Waals surface area contributed by atoms with Gasteiger partial charge in [0.15, 0.2) is 0 Å². The van der Waals surface area contributed by atoms with Crippen molar-refractivity contribution in [2.45, 2.75) is 12.6 Å². The van der Waals surface area contributed by atoms with Crippen LogP contribution in [0.25, 0.3) is 10.6 Å². The zero-order chi connectivity index (χ0) is 14.4. The summed E-state index contributed by atoms with van der Waals surface area (Å²) < 4.78 is 4.83. The van der Waals surface area contributed by atoms with Gasteiger partial charge in [-0.1, -0.05) is 41.7 Å². The van der Waals surface area contributed by atoms with Crippen molar-refractivity contribution in [1.29, 1.82) is 0 Å². The third-order valence-corrected chi connectivity index (χ3v) is 3.56. The molecule has 6 nitrogen and oxygen atoms in total. The van der Waals surface area contributed by atoms with Crippen LogP contribution in [0.15, 0.2) is 30.3 Å². The summed E-state index contributed by atoms with van der Waals surface area (Å²) in [6.45, 7) is 0.512. The molecule has 0 aliphatic carbocycles. The summed E-state index contributed by atoms with van der Waals surface area (Å²) >= 11 is 1.44. The van der Waals surface area contributed by atoms with E-state index in [9.17, 15) is 4.79 Å². The van der Waals surface area contributed by atoms with Crippen molar-refractivity contribution in [2.24, 2.45) is 5.73 Å². The van der Waals surface area contributed by atoms with E-state index in [2.05, 4.69) is 15.5 Å². The Balaban J connectivity index is 0.00000220. The topological polar surface area (TPSA) is 90.1 Å². The first-order valence-electron chi connectivity index (χ1n) is 6.10. The normalized spacial score (nSPS) is 11.5. The van der Waals surface area contributed by atoms with Crippen molar-refractivity contribution in [1.82, 2.24) is 15.5 Å². The quantitative estimate of drug-likeness (QED) is 0.832. The minimum atomic E-state index is -0.665. The zero-order valence-corrected chi connectivity index (χ0v) is 13.1. The zero-order valence-electron chi connectivity index (χ0n) is 11.5. The van der Waals surface area contributed by atoms with E-state index in [1.54, 1.807) is 0 Å². The van der Waals surface area contributed by atoms with E-state index < -0.39 is 6.04 Å². The smallest absolute Gasteiger partial charge is 0.239 e. The van der Waals surface area contributed by atoms with Gasteiger partial charge in [0.2, 0.25) is 5.91 Å². The van der Waals surface area contributed by atoms with Gasteiger partial charge in [-0.2, -0.15) is 0 Å². The van der Waals surface area contributed by atoms with Crippen LogP contribution in [0.4, 0.5) is 0 Å². The van der Waals surface area contributed by atoms with E-state index in [-0.39, 0.29) is 24.9 Å². The number of nitrogens with zero attached hydrogens (tertiary/aromatic N) is 2. The molecule has 0 fully saturated rings. The predicted octanol–water partition coefficient (Wildman–Crippen LogP) is 1.22. The number of halogens is 1. The van der Waals surface area contributed by atoms with Crippen molar-refractivity contribution in [3.8, 4) is 10.6 Å². The van der Waals surface area contributed by atoms with Crippen LogP contribution in [-0.4, -0.2) is 35.9 Å². The third-order valence-electron chi connectivity index (χ3n) is 2.58. The van der Waals surface area contributed by atoms with Crippen molar-refractivity contribution >= 4 is 29.7 Å². The summed E-state index contributed by atoms with van der Waals surface area (Å²) in [4.78, 5) is 11.6. The van der Waals surface area contributed by atoms with Crippen molar-refractivity contribution < 1.29 is 9.53 Å². The SMILES string of the molecule is COCC(N)C(=O)NCc1nnc(-c2ccccc2)s1.Cl. The predicted molar refractivity (Wildman–Crippen MR) is 84.3 cm³/mol. The maximum Gasteiger partial charge on any atom is 0.239 e. The van der Waals surface area contributed by atoms with Gasteiger partial charge in [0.25, 0.3) is 0 Å². The molecule has 21 heavy (non-hydrogen) atoms. The first-order chi connectivity index (χ1) is 9.70. The second-order valence-corrected chi connectivity index (χ2v) is 5.21. The molecule has 2 aromatic rings. The van der Waals surface area contributed by atoms with E-state index in [1.807, 2.05) is 30.3 Å². The number of aromatic nitrogens is 2. The minimum Gasteiger partial charge on any atom is -0.383 e. The molecular weight excluding hydrogens is 312 g/mol. The van der Waals surface area contributed by atoms with Crippen LogP contribution in [-0.2, 0) is 16.1 Å². The number of nitrogens with one attached hydrogen (secondary N) is 1. The van der Waals surface area contributed by atoms with Crippen molar-refractivity contribution in [3.05, 3.63) is 35.3 Å². The molecule has 1 amide bonds. The van der Waals surface area contributed by atoms with Gasteiger partial charge >= 0.3 is 0 Å². The number of amides is 1. The van der Waals surface area contributed by atoms with Crippen LogP contribution >= 0.6 is 23.7 Å². The Kier molecular flexibility index (Phi) is 7.24. The molecule has 1 aromatic heterocycles. The fraction of sp³-hybridized carbons (Fsp3) is 0.308. The van der Waals surface area contributed by atoms with E-state index >= 15 is 0 Å². The lowest BCUT2D eigenvalue weighted by Crippen LogP contribution is -2.43. The molecule has 114 valence electrons. The Morgan fingerprint density at radius 3 is 2.76 bits per heavy atom. The molecule has 0 saturated carbocycles. The number of hydrogen-bond acceptors (Lipinski definition) is 6. The number of nitrogens with two attached hydrogens (primary N) is 1. The summed E-state index contributed by atoms with van der Waals surface area (Å²) in [6.07, 6.45) is 0. The molecule has 0 spiro atoms. The largest absolute Gasteiger partial charge is 0.383 e. The standard InChI is InChI=1S/C13H16N4O2S.ClH/c1-19-8-10(14)12(18)15-7-11-16-17-13(20-11)9-5-3-2-4-6-9;/h2-6,10H,7-8,14H2,1H3,(H,15,18);1H. The highest BCUT2D eigenvalue weighted by atomic mass is 35.5. The molecule has 0 aliphatic rings. The van der Waals surface area contributed by atoms with Crippen molar-refractivity contribution in [2.75, 3.05) is 13.7 Å². The van der Waals surface area contributed by atoms with Gasteiger partial charge in [-0.15, -0.1) is 22.6 Å². The first-order valence-corrected chi connectivity index (χ1v) is 6.92. The molecule has 3 N–H and O–H groups in total. The number of carbonyl (C=O) groups is 1. The van der Waals surface area contributed by atoms with Gasteiger partial charge in [-0.05, 0) is 0 Å². The molecular formula is C13H17ClN4O2S. The molecule has 0 radical (unpaired) electrons. The third kappa shape index (κ3) is 5.05. The van der Waals surface area contributed by atoms with Gasteiger partial charge in [0, 0.05) is 12.7 Å². The maximum atomic E-state index is 11.6. The summed E-state index contributed by atoms with van der Waals surface area (Å²) in [6, 6.07) is 9.11. The summed E-state index contributed by atoms with van der Waals surface area (Å²) in [5.74, 6) is -0.261. The Bertz CT molecular complexity index is 564. The molecule has 0 bridgehead atoms. The fourth-order valence-corrected chi connectivity index (χ4v) is 2.36. The molecule has 1 heterocycles. The lowest BCUT2D eigenvalue weighted by atomic mass is 10.2. The number of carbonyl (C=O) groups excluding carboxylic acids is 1. The van der Waals surface area contributed by atoms with Crippen LogP contribution in [0, 0.1) is 0 Å².